The van der Waals surface area contributed by atoms with Crippen LogP contribution in [0.1, 0.15) is 23.1 Å². The third-order valence-corrected chi connectivity index (χ3v) is 8.04. The van der Waals surface area contributed by atoms with E-state index < -0.39 is 16.1 Å². The van der Waals surface area contributed by atoms with Gasteiger partial charge in [0.15, 0.2) is 6.10 Å². The normalized spacial score (nSPS) is 12.7. The highest BCUT2D eigenvalue weighted by atomic mass is 32.2. The maximum atomic E-state index is 13.8. The molecular weight excluding hydrogens is 486 g/mol. The molecule has 4 aromatic carbocycles. The lowest BCUT2D eigenvalue weighted by Crippen LogP contribution is -2.18. The first kappa shape index (κ1) is 23.1. The largest absolute Gasteiger partial charge is 0.489 e. The third-order valence-electron chi connectivity index (χ3n) is 6.28. The second kappa shape index (κ2) is 9.28. The fourth-order valence-electron chi connectivity index (χ4n) is 4.46. The molecule has 6 rings (SSSR count). The smallest absolute Gasteiger partial charge is 0.268 e. The molecule has 0 aliphatic carbocycles. The number of aliphatic hydroxyl groups is 1. The Bertz CT molecular complexity index is 1770. The van der Waals surface area contributed by atoms with E-state index in [9.17, 15) is 13.5 Å². The maximum Gasteiger partial charge on any atom is 0.268 e. The Morgan fingerprint density at radius 2 is 1.49 bits per heavy atom. The van der Waals surface area contributed by atoms with Crippen LogP contribution in [0.15, 0.2) is 125 Å². The van der Waals surface area contributed by atoms with Crippen molar-refractivity contribution in [2.24, 2.45) is 0 Å². The fraction of sp³-hybridized carbons (Fsp3) is 0.0667. The van der Waals surface area contributed by atoms with Crippen molar-refractivity contribution < 1.29 is 22.7 Å². The van der Waals surface area contributed by atoms with Gasteiger partial charge in [-0.1, -0.05) is 66.7 Å². The van der Waals surface area contributed by atoms with Crippen LogP contribution in [0.2, 0.25) is 0 Å². The summed E-state index contributed by atoms with van der Waals surface area (Å²) in [5.74, 6) is 0.851. The molecule has 6 aromatic rings. The summed E-state index contributed by atoms with van der Waals surface area (Å²) in [4.78, 5) is 0.120. The van der Waals surface area contributed by atoms with Crippen molar-refractivity contribution in [1.82, 2.24) is 3.97 Å². The fourth-order valence-corrected chi connectivity index (χ4v) is 6.03. The van der Waals surface area contributed by atoms with Crippen molar-refractivity contribution in [3.05, 3.63) is 132 Å². The number of hydrogen-bond acceptors (Lipinski definition) is 5. The minimum absolute atomic E-state index is 0.120. The van der Waals surface area contributed by atoms with Crippen molar-refractivity contribution in [3.63, 3.8) is 0 Å². The lowest BCUT2D eigenvalue weighted by molar-refractivity contribution is 0.187. The molecule has 0 radical (unpaired) electrons. The van der Waals surface area contributed by atoms with Gasteiger partial charge >= 0.3 is 0 Å². The molecule has 2 aromatic heterocycles. The molecule has 1 atom stereocenters. The molecule has 0 aliphatic rings. The minimum Gasteiger partial charge on any atom is -0.489 e. The van der Waals surface area contributed by atoms with Gasteiger partial charge in [0.1, 0.15) is 23.7 Å². The highest BCUT2D eigenvalue weighted by Crippen LogP contribution is 2.35. The third kappa shape index (κ3) is 4.28. The van der Waals surface area contributed by atoms with Crippen molar-refractivity contribution in [3.8, 4) is 5.75 Å². The zero-order chi connectivity index (χ0) is 25.4. The van der Waals surface area contributed by atoms with Crippen LogP contribution in [0.3, 0.4) is 0 Å². The molecule has 7 heteroatoms. The number of para-hydroxylation sites is 1. The van der Waals surface area contributed by atoms with Gasteiger partial charge < -0.3 is 14.3 Å². The van der Waals surface area contributed by atoms with E-state index in [1.165, 1.54) is 16.1 Å². The van der Waals surface area contributed by atoms with Crippen molar-refractivity contribution in [2.45, 2.75) is 17.6 Å². The molecule has 0 saturated heterocycles. The van der Waals surface area contributed by atoms with Crippen molar-refractivity contribution in [2.75, 3.05) is 0 Å². The molecule has 0 bridgehead atoms. The van der Waals surface area contributed by atoms with E-state index in [0.29, 0.717) is 28.8 Å². The zero-order valence-electron chi connectivity index (χ0n) is 19.7. The molecule has 0 spiro atoms. The van der Waals surface area contributed by atoms with E-state index in [4.69, 9.17) is 9.15 Å². The van der Waals surface area contributed by atoms with Gasteiger partial charge in [-0.15, -0.1) is 0 Å². The van der Waals surface area contributed by atoms with Gasteiger partial charge in [0.2, 0.25) is 0 Å². The molecule has 1 unspecified atom stereocenters. The number of hydrogen-bond donors (Lipinski definition) is 1. The van der Waals surface area contributed by atoms with Gasteiger partial charge in [-0.25, -0.2) is 12.4 Å². The summed E-state index contributed by atoms with van der Waals surface area (Å²) in [5, 5.41) is 12.8. The summed E-state index contributed by atoms with van der Waals surface area (Å²) in [6.45, 7) is 0.379. The number of rotatable bonds is 7. The molecule has 37 heavy (non-hydrogen) atoms. The summed E-state index contributed by atoms with van der Waals surface area (Å²) in [7, 11) is -4.03. The summed E-state index contributed by atoms with van der Waals surface area (Å²) >= 11 is 0. The van der Waals surface area contributed by atoms with Gasteiger partial charge in [0, 0.05) is 10.8 Å². The topological polar surface area (TPSA) is 81.7 Å². The Hall–Kier alpha value is -4.33. The minimum atomic E-state index is -4.03. The van der Waals surface area contributed by atoms with Crippen LogP contribution >= 0.6 is 0 Å². The SMILES string of the molecule is O=S(=O)(c1ccccc1)n1c(C(O)c2cc3ccccc3o2)cc2cc(OCc3ccccc3)ccc21. The molecule has 0 amide bonds. The van der Waals surface area contributed by atoms with Gasteiger partial charge in [0.25, 0.3) is 10.0 Å². The predicted octanol–water partition coefficient (Wildman–Crippen LogP) is 6.29. The summed E-state index contributed by atoms with van der Waals surface area (Å²) in [6.07, 6.45) is -1.31. The molecule has 0 fully saturated rings. The van der Waals surface area contributed by atoms with Gasteiger partial charge in [-0.05, 0) is 54.1 Å². The van der Waals surface area contributed by atoms with Crippen LogP contribution in [-0.4, -0.2) is 17.5 Å². The Balaban J connectivity index is 1.47. The molecular formula is C30H23NO5S. The second-order valence-corrected chi connectivity index (χ2v) is 10.5. The van der Waals surface area contributed by atoms with E-state index in [1.54, 1.807) is 54.6 Å². The lowest BCUT2D eigenvalue weighted by atomic mass is 10.1. The molecule has 0 saturated carbocycles. The van der Waals surface area contributed by atoms with Crippen molar-refractivity contribution in [1.29, 1.82) is 0 Å². The van der Waals surface area contributed by atoms with Gasteiger partial charge in [-0.2, -0.15) is 0 Å². The van der Waals surface area contributed by atoms with E-state index in [1.807, 2.05) is 48.5 Å². The first-order valence-electron chi connectivity index (χ1n) is 11.8. The quantitative estimate of drug-likeness (QED) is 0.274. The predicted molar refractivity (Wildman–Crippen MR) is 142 cm³/mol. The highest BCUT2D eigenvalue weighted by molar-refractivity contribution is 7.90. The number of furan rings is 1. The number of benzene rings is 4. The molecule has 1 N–H and O–H groups in total. The first-order valence-corrected chi connectivity index (χ1v) is 13.2. The summed E-state index contributed by atoms with van der Waals surface area (Å²) in [5.41, 5.74) is 2.24. The van der Waals surface area contributed by atoms with E-state index in [-0.39, 0.29) is 16.3 Å². The van der Waals surface area contributed by atoms with Crippen LogP contribution in [-0.2, 0) is 16.6 Å². The second-order valence-electron chi connectivity index (χ2n) is 8.74. The number of aliphatic hydroxyl groups excluding tert-OH is 1. The summed E-state index contributed by atoms with van der Waals surface area (Å²) < 4.78 is 40.7. The lowest BCUT2D eigenvalue weighted by Gasteiger charge is -2.15. The van der Waals surface area contributed by atoms with Gasteiger partial charge in [0.05, 0.1) is 16.1 Å². The highest BCUT2D eigenvalue weighted by Gasteiger charge is 2.29. The van der Waals surface area contributed by atoms with Crippen LogP contribution in [0.4, 0.5) is 0 Å². The van der Waals surface area contributed by atoms with Gasteiger partial charge in [-0.3, -0.25) is 0 Å². The standard InChI is InChI=1S/C30H23NO5S/c32-30(29-19-22-11-7-8-14-28(22)36-29)27-18-23-17-24(35-20-21-9-3-1-4-10-21)15-16-26(23)31(27)37(33,34)25-12-5-2-6-13-25/h1-19,30,32H,20H2. The Labute approximate surface area is 214 Å². The zero-order valence-corrected chi connectivity index (χ0v) is 20.5. The maximum absolute atomic E-state index is 13.8. The summed E-state index contributed by atoms with van der Waals surface area (Å²) in [6, 6.07) is 34.0. The van der Waals surface area contributed by atoms with E-state index >= 15 is 0 Å². The Kier molecular flexibility index (Phi) is 5.79. The van der Waals surface area contributed by atoms with E-state index in [2.05, 4.69) is 0 Å². The van der Waals surface area contributed by atoms with E-state index in [0.717, 1.165) is 10.9 Å². The molecule has 184 valence electrons. The van der Waals surface area contributed by atoms with Crippen LogP contribution in [0.25, 0.3) is 21.9 Å². The Morgan fingerprint density at radius 1 is 0.784 bits per heavy atom. The molecule has 6 nitrogen and oxygen atoms in total. The number of aromatic nitrogens is 1. The van der Waals surface area contributed by atoms with Crippen LogP contribution < -0.4 is 4.74 Å². The number of ether oxygens (including phenoxy) is 1. The monoisotopic (exact) mass is 509 g/mol. The first-order chi connectivity index (χ1) is 18.0. The van der Waals surface area contributed by atoms with Crippen LogP contribution in [0, 0.1) is 0 Å². The number of fused-ring (bicyclic) bond motifs is 2. The molecule has 0 aliphatic heterocycles. The Morgan fingerprint density at radius 3 is 2.24 bits per heavy atom. The average Bonchev–Trinajstić information content (AvgIpc) is 3.54. The molecule has 2 heterocycles. The number of nitrogens with zero attached hydrogens (tertiary/aromatic N) is 1. The average molecular weight is 510 g/mol. The van der Waals surface area contributed by atoms with Crippen LogP contribution in [0.5, 0.6) is 5.75 Å². The van der Waals surface area contributed by atoms with Crippen molar-refractivity contribution >= 4 is 31.9 Å².